The lowest BCUT2D eigenvalue weighted by Gasteiger charge is -2.34. The van der Waals surface area contributed by atoms with Crippen molar-refractivity contribution in [3.05, 3.63) is 42.0 Å². The van der Waals surface area contributed by atoms with Crippen LogP contribution in [0.5, 0.6) is 0 Å². The Morgan fingerprint density at radius 2 is 2.11 bits per heavy atom. The molecule has 0 aliphatic carbocycles. The Hall–Kier alpha value is -2.22. The normalized spacial score (nSPS) is 18.5. The fraction of sp³-hybridized carbons (Fsp3) is 0.429. The van der Waals surface area contributed by atoms with Crippen LogP contribution in [0.2, 0.25) is 0 Å². The monoisotopic (exact) mass is 402 g/mol. The van der Waals surface area contributed by atoms with Gasteiger partial charge in [-0.1, -0.05) is 30.3 Å². The minimum Gasteiger partial charge on any atom is -0.462 e. The summed E-state index contributed by atoms with van der Waals surface area (Å²) in [7, 11) is 0. The third kappa shape index (κ3) is 4.79. The SMILES string of the molecule is CCOC(=O)c1cc(-c2ccccc2)sc1NC(=O)[C@@H](C)N1CCO[C@@H](C)C1. The molecule has 1 saturated heterocycles. The first-order valence-corrected chi connectivity index (χ1v) is 10.3. The number of carbonyl (C=O) groups excluding carboxylic acids is 2. The van der Waals surface area contributed by atoms with Gasteiger partial charge in [0.15, 0.2) is 0 Å². The van der Waals surface area contributed by atoms with Crippen LogP contribution >= 0.6 is 11.3 Å². The van der Waals surface area contributed by atoms with E-state index in [0.717, 1.165) is 10.4 Å². The third-order valence-corrected chi connectivity index (χ3v) is 5.82. The van der Waals surface area contributed by atoms with Crippen molar-refractivity contribution in [3.8, 4) is 10.4 Å². The molecule has 2 atom stereocenters. The molecule has 1 aromatic heterocycles. The molecule has 1 aromatic carbocycles. The lowest BCUT2D eigenvalue weighted by Crippen LogP contribution is -2.50. The molecule has 2 heterocycles. The van der Waals surface area contributed by atoms with E-state index in [1.54, 1.807) is 13.0 Å². The molecular formula is C21H26N2O4S. The molecule has 1 aliphatic heterocycles. The average molecular weight is 403 g/mol. The van der Waals surface area contributed by atoms with E-state index >= 15 is 0 Å². The number of carbonyl (C=O) groups is 2. The summed E-state index contributed by atoms with van der Waals surface area (Å²) in [6, 6.07) is 11.3. The Bertz CT molecular complexity index is 821. The summed E-state index contributed by atoms with van der Waals surface area (Å²) < 4.78 is 10.7. The lowest BCUT2D eigenvalue weighted by atomic mass is 10.1. The molecule has 0 radical (unpaired) electrons. The van der Waals surface area contributed by atoms with E-state index in [1.807, 2.05) is 44.2 Å². The van der Waals surface area contributed by atoms with E-state index in [1.165, 1.54) is 11.3 Å². The number of rotatable bonds is 6. The van der Waals surface area contributed by atoms with Gasteiger partial charge in [-0.05, 0) is 32.4 Å². The molecule has 28 heavy (non-hydrogen) atoms. The molecule has 1 fully saturated rings. The summed E-state index contributed by atoms with van der Waals surface area (Å²) in [6.07, 6.45) is 0.102. The number of anilines is 1. The fourth-order valence-electron chi connectivity index (χ4n) is 3.17. The molecule has 6 nitrogen and oxygen atoms in total. The van der Waals surface area contributed by atoms with Crippen molar-refractivity contribution in [2.75, 3.05) is 31.6 Å². The van der Waals surface area contributed by atoms with Gasteiger partial charge in [-0.15, -0.1) is 11.3 Å². The highest BCUT2D eigenvalue weighted by atomic mass is 32.1. The zero-order chi connectivity index (χ0) is 20.1. The predicted molar refractivity (Wildman–Crippen MR) is 111 cm³/mol. The summed E-state index contributed by atoms with van der Waals surface area (Å²) in [6.45, 7) is 7.96. The predicted octanol–water partition coefficient (Wildman–Crippen LogP) is 3.64. The highest BCUT2D eigenvalue weighted by Crippen LogP contribution is 2.36. The zero-order valence-electron chi connectivity index (χ0n) is 16.4. The Labute approximate surface area is 169 Å². The molecule has 1 amide bonds. The molecule has 2 aromatic rings. The maximum Gasteiger partial charge on any atom is 0.341 e. The Balaban J connectivity index is 1.82. The molecular weight excluding hydrogens is 376 g/mol. The number of morpholine rings is 1. The van der Waals surface area contributed by atoms with E-state index in [-0.39, 0.29) is 24.7 Å². The minimum atomic E-state index is -0.427. The van der Waals surface area contributed by atoms with Gasteiger partial charge in [0.2, 0.25) is 5.91 Å². The molecule has 0 unspecified atom stereocenters. The van der Waals surface area contributed by atoms with Crippen molar-refractivity contribution >= 4 is 28.2 Å². The van der Waals surface area contributed by atoms with Gasteiger partial charge in [0.25, 0.3) is 0 Å². The smallest absolute Gasteiger partial charge is 0.341 e. The first-order valence-electron chi connectivity index (χ1n) is 9.52. The van der Waals surface area contributed by atoms with Gasteiger partial charge < -0.3 is 14.8 Å². The quantitative estimate of drug-likeness (QED) is 0.747. The van der Waals surface area contributed by atoms with Crippen LogP contribution in [-0.2, 0) is 14.3 Å². The van der Waals surface area contributed by atoms with Crippen LogP contribution in [0.15, 0.2) is 36.4 Å². The number of thiophene rings is 1. The van der Waals surface area contributed by atoms with Crippen LogP contribution in [0.1, 0.15) is 31.1 Å². The van der Waals surface area contributed by atoms with Gasteiger partial charge in [0, 0.05) is 18.0 Å². The Kier molecular flexibility index (Phi) is 6.83. The van der Waals surface area contributed by atoms with E-state index in [9.17, 15) is 9.59 Å². The number of benzene rings is 1. The van der Waals surface area contributed by atoms with Gasteiger partial charge in [-0.3, -0.25) is 9.69 Å². The standard InChI is InChI=1S/C21H26N2O4S/c1-4-26-21(25)17-12-18(16-8-6-5-7-9-16)28-20(17)22-19(24)15(3)23-10-11-27-14(2)13-23/h5-9,12,14-15H,4,10-11,13H2,1-3H3,(H,22,24)/t14-,15+/m0/s1. The first-order chi connectivity index (χ1) is 13.5. The maximum atomic E-state index is 12.9. The van der Waals surface area contributed by atoms with E-state index in [4.69, 9.17) is 9.47 Å². The van der Waals surface area contributed by atoms with Gasteiger partial charge in [0.1, 0.15) is 5.00 Å². The van der Waals surface area contributed by atoms with Crippen molar-refractivity contribution < 1.29 is 19.1 Å². The lowest BCUT2D eigenvalue weighted by molar-refractivity contribution is -0.123. The summed E-state index contributed by atoms with van der Waals surface area (Å²) in [5.74, 6) is -0.565. The number of ether oxygens (including phenoxy) is 2. The van der Waals surface area contributed by atoms with Crippen LogP contribution < -0.4 is 5.32 Å². The number of hydrogen-bond acceptors (Lipinski definition) is 6. The minimum absolute atomic E-state index is 0.102. The topological polar surface area (TPSA) is 67.9 Å². The second-order valence-electron chi connectivity index (χ2n) is 6.78. The largest absolute Gasteiger partial charge is 0.462 e. The summed E-state index contributed by atoms with van der Waals surface area (Å²) >= 11 is 1.38. The summed E-state index contributed by atoms with van der Waals surface area (Å²) in [4.78, 5) is 28.3. The third-order valence-electron chi connectivity index (χ3n) is 4.72. The van der Waals surface area contributed by atoms with E-state index in [2.05, 4.69) is 10.2 Å². The van der Waals surface area contributed by atoms with E-state index in [0.29, 0.717) is 30.3 Å². The number of amides is 1. The highest BCUT2D eigenvalue weighted by molar-refractivity contribution is 7.20. The molecule has 1 N–H and O–H groups in total. The molecule has 0 saturated carbocycles. The van der Waals surface area contributed by atoms with Crippen LogP contribution in [0, 0.1) is 0 Å². The number of nitrogens with one attached hydrogen (secondary N) is 1. The molecule has 0 bridgehead atoms. The average Bonchev–Trinajstić information content (AvgIpc) is 3.12. The highest BCUT2D eigenvalue weighted by Gasteiger charge is 2.28. The first kappa shape index (κ1) is 20.5. The van der Waals surface area contributed by atoms with E-state index < -0.39 is 5.97 Å². The molecule has 1 aliphatic rings. The fourth-order valence-corrected chi connectivity index (χ4v) is 4.22. The molecule has 0 spiro atoms. The van der Waals surface area contributed by atoms with Gasteiger partial charge in [0.05, 0.1) is 30.9 Å². The van der Waals surface area contributed by atoms with Crippen molar-refractivity contribution in [2.45, 2.75) is 32.9 Å². The summed E-state index contributed by atoms with van der Waals surface area (Å²) in [5.41, 5.74) is 1.38. The van der Waals surface area contributed by atoms with Crippen LogP contribution in [-0.4, -0.2) is 55.2 Å². The van der Waals surface area contributed by atoms with Crippen molar-refractivity contribution in [2.24, 2.45) is 0 Å². The van der Waals surface area contributed by atoms with Crippen LogP contribution in [0.25, 0.3) is 10.4 Å². The van der Waals surface area contributed by atoms with Crippen molar-refractivity contribution in [3.63, 3.8) is 0 Å². The van der Waals surface area contributed by atoms with Crippen LogP contribution in [0.4, 0.5) is 5.00 Å². The van der Waals surface area contributed by atoms with Crippen LogP contribution in [0.3, 0.4) is 0 Å². The second-order valence-corrected chi connectivity index (χ2v) is 7.83. The molecule has 150 valence electrons. The number of hydrogen-bond donors (Lipinski definition) is 1. The Morgan fingerprint density at radius 1 is 1.36 bits per heavy atom. The van der Waals surface area contributed by atoms with Gasteiger partial charge >= 0.3 is 5.97 Å². The maximum absolute atomic E-state index is 12.9. The molecule has 3 rings (SSSR count). The van der Waals surface area contributed by atoms with Gasteiger partial charge in [-0.2, -0.15) is 0 Å². The summed E-state index contributed by atoms with van der Waals surface area (Å²) in [5, 5.41) is 3.47. The number of nitrogens with zero attached hydrogens (tertiary/aromatic N) is 1. The van der Waals surface area contributed by atoms with Gasteiger partial charge in [-0.25, -0.2) is 4.79 Å². The van der Waals surface area contributed by atoms with Crippen molar-refractivity contribution in [1.82, 2.24) is 4.90 Å². The molecule has 7 heteroatoms. The Morgan fingerprint density at radius 3 is 2.79 bits per heavy atom. The van der Waals surface area contributed by atoms with Crippen molar-refractivity contribution in [1.29, 1.82) is 0 Å². The second kappa shape index (κ2) is 9.32. The number of esters is 1. The zero-order valence-corrected chi connectivity index (χ0v) is 17.3.